The molecule has 8 heteroatoms. The van der Waals surface area contributed by atoms with Crippen molar-refractivity contribution in [2.24, 2.45) is 0 Å². The molecule has 0 bridgehead atoms. The molecular weight excluding hydrogens is 434 g/mol. The number of nitrogens with zero attached hydrogens (tertiary/aromatic N) is 3. The number of benzene rings is 2. The van der Waals surface area contributed by atoms with Gasteiger partial charge in [0.05, 0.1) is 12.7 Å². The second-order valence-electron chi connectivity index (χ2n) is 8.03. The highest BCUT2D eigenvalue weighted by Crippen LogP contribution is 2.37. The number of rotatable bonds is 8. The first-order valence-corrected chi connectivity index (χ1v) is 12.1. The number of aromatic nitrogens is 3. The second-order valence-corrected chi connectivity index (χ2v) is 9.09. The van der Waals surface area contributed by atoms with Gasteiger partial charge in [-0.2, -0.15) is 4.98 Å². The van der Waals surface area contributed by atoms with Crippen molar-refractivity contribution in [3.05, 3.63) is 70.9 Å². The number of hydrogen-bond acceptors (Lipinski definition) is 6. The lowest BCUT2D eigenvalue weighted by atomic mass is 9.95. The molecule has 1 aromatic heterocycles. The van der Waals surface area contributed by atoms with Crippen LogP contribution in [-0.4, -0.2) is 33.5 Å². The minimum absolute atomic E-state index is 0.182. The molecule has 1 atom stereocenters. The standard InChI is InChI=1S/C25H29N5O2S/c1-5-6-14-33-25-28-24-26-17(3)21(23(31)27-19-12-10-16(2)11-13-19)22(30(24)29-25)18-8-7-9-20(15-18)32-4/h7-13,15,22H,5-6,14H2,1-4H3,(H,27,31)(H,26,28,29). The molecule has 1 aliphatic heterocycles. The van der Waals surface area contributed by atoms with Gasteiger partial charge in [-0.1, -0.05) is 54.9 Å². The number of amides is 1. The third kappa shape index (κ3) is 5.06. The van der Waals surface area contributed by atoms with Gasteiger partial charge < -0.3 is 15.4 Å². The number of anilines is 2. The quantitative estimate of drug-likeness (QED) is 0.343. The van der Waals surface area contributed by atoms with E-state index in [2.05, 4.69) is 22.5 Å². The van der Waals surface area contributed by atoms with E-state index in [4.69, 9.17) is 9.84 Å². The summed E-state index contributed by atoms with van der Waals surface area (Å²) >= 11 is 1.63. The Kier molecular flexibility index (Phi) is 7.03. The van der Waals surface area contributed by atoms with Crippen LogP contribution in [0.3, 0.4) is 0 Å². The van der Waals surface area contributed by atoms with Gasteiger partial charge in [-0.25, -0.2) is 4.68 Å². The van der Waals surface area contributed by atoms with Gasteiger partial charge >= 0.3 is 0 Å². The van der Waals surface area contributed by atoms with Crippen LogP contribution in [0.2, 0.25) is 0 Å². The number of unbranched alkanes of at least 4 members (excludes halogenated alkanes) is 1. The first-order valence-electron chi connectivity index (χ1n) is 11.1. The number of nitrogens with one attached hydrogen (secondary N) is 2. The van der Waals surface area contributed by atoms with E-state index in [0.717, 1.165) is 46.9 Å². The Morgan fingerprint density at radius 1 is 1.21 bits per heavy atom. The second kappa shape index (κ2) is 10.1. The van der Waals surface area contributed by atoms with E-state index in [1.807, 2.05) is 62.4 Å². The molecule has 33 heavy (non-hydrogen) atoms. The molecule has 1 amide bonds. The van der Waals surface area contributed by atoms with Crippen LogP contribution in [0.4, 0.5) is 11.6 Å². The summed E-state index contributed by atoms with van der Waals surface area (Å²) in [7, 11) is 1.64. The fourth-order valence-corrected chi connectivity index (χ4v) is 4.66. The monoisotopic (exact) mass is 463 g/mol. The van der Waals surface area contributed by atoms with Crippen LogP contribution >= 0.6 is 11.8 Å². The number of carbonyl (C=O) groups excluding carboxylic acids is 1. The first kappa shape index (κ1) is 22.9. The summed E-state index contributed by atoms with van der Waals surface area (Å²) in [6, 6.07) is 15.1. The van der Waals surface area contributed by atoms with Crippen molar-refractivity contribution in [1.29, 1.82) is 0 Å². The van der Waals surface area contributed by atoms with E-state index in [1.165, 1.54) is 0 Å². The van der Waals surface area contributed by atoms with E-state index in [9.17, 15) is 4.79 Å². The number of aryl methyl sites for hydroxylation is 1. The van der Waals surface area contributed by atoms with Crippen LogP contribution in [0, 0.1) is 6.92 Å². The molecule has 0 saturated heterocycles. The van der Waals surface area contributed by atoms with Gasteiger partial charge in [-0.05, 0) is 50.1 Å². The summed E-state index contributed by atoms with van der Waals surface area (Å²) in [6.07, 6.45) is 2.22. The third-order valence-electron chi connectivity index (χ3n) is 5.53. The molecule has 2 aromatic carbocycles. The zero-order chi connectivity index (χ0) is 23.4. The summed E-state index contributed by atoms with van der Waals surface area (Å²) < 4.78 is 7.26. The van der Waals surface area contributed by atoms with Crippen LogP contribution in [0.25, 0.3) is 0 Å². The number of carbonyl (C=O) groups is 1. The molecule has 1 unspecified atom stereocenters. The van der Waals surface area contributed by atoms with Crippen LogP contribution in [0.15, 0.2) is 65.0 Å². The Bertz CT molecular complexity index is 1170. The number of allylic oxidation sites excluding steroid dienone is 1. The summed E-state index contributed by atoms with van der Waals surface area (Å²) in [5, 5.41) is 11.8. The Hall–Kier alpha value is -3.26. The Morgan fingerprint density at radius 3 is 2.73 bits per heavy atom. The van der Waals surface area contributed by atoms with Crippen molar-refractivity contribution in [3.8, 4) is 5.75 Å². The van der Waals surface area contributed by atoms with Crippen molar-refractivity contribution in [3.63, 3.8) is 0 Å². The van der Waals surface area contributed by atoms with E-state index in [1.54, 1.807) is 23.6 Å². The van der Waals surface area contributed by atoms with Crippen molar-refractivity contribution < 1.29 is 9.53 Å². The minimum Gasteiger partial charge on any atom is -0.497 e. The maximum absolute atomic E-state index is 13.5. The zero-order valence-corrected chi connectivity index (χ0v) is 20.2. The number of hydrogen-bond donors (Lipinski definition) is 2. The molecule has 3 aromatic rings. The van der Waals surface area contributed by atoms with E-state index in [0.29, 0.717) is 16.7 Å². The summed E-state index contributed by atoms with van der Waals surface area (Å²) in [5.41, 5.74) is 4.12. The average molecular weight is 464 g/mol. The molecule has 0 radical (unpaired) electrons. The van der Waals surface area contributed by atoms with Crippen molar-refractivity contribution in [2.75, 3.05) is 23.5 Å². The maximum atomic E-state index is 13.5. The predicted octanol–water partition coefficient (Wildman–Crippen LogP) is 5.41. The largest absolute Gasteiger partial charge is 0.497 e. The van der Waals surface area contributed by atoms with Crippen LogP contribution in [0.1, 0.15) is 43.9 Å². The van der Waals surface area contributed by atoms with Crippen LogP contribution in [0.5, 0.6) is 5.75 Å². The molecule has 0 aliphatic carbocycles. The molecule has 7 nitrogen and oxygen atoms in total. The average Bonchev–Trinajstić information content (AvgIpc) is 3.22. The lowest BCUT2D eigenvalue weighted by Crippen LogP contribution is -2.31. The highest BCUT2D eigenvalue weighted by Gasteiger charge is 2.34. The van der Waals surface area contributed by atoms with Gasteiger partial charge in [0.1, 0.15) is 11.8 Å². The van der Waals surface area contributed by atoms with Crippen LogP contribution in [-0.2, 0) is 4.79 Å². The predicted molar refractivity (Wildman–Crippen MR) is 133 cm³/mol. The molecule has 0 spiro atoms. The number of thioether (sulfide) groups is 1. The molecular formula is C25H29N5O2S. The van der Waals surface area contributed by atoms with Gasteiger partial charge in [0.2, 0.25) is 11.1 Å². The smallest absolute Gasteiger partial charge is 0.255 e. The third-order valence-corrected chi connectivity index (χ3v) is 6.45. The highest BCUT2D eigenvalue weighted by atomic mass is 32.2. The van der Waals surface area contributed by atoms with E-state index >= 15 is 0 Å². The molecule has 2 N–H and O–H groups in total. The van der Waals surface area contributed by atoms with Crippen LogP contribution < -0.4 is 15.4 Å². The first-order chi connectivity index (χ1) is 16.0. The van der Waals surface area contributed by atoms with Crippen molar-refractivity contribution >= 4 is 29.3 Å². The Balaban J connectivity index is 1.73. The minimum atomic E-state index is -0.435. The van der Waals surface area contributed by atoms with Gasteiger partial charge in [0.25, 0.3) is 5.91 Å². The fourth-order valence-electron chi connectivity index (χ4n) is 3.75. The normalized spacial score (nSPS) is 15.1. The number of methoxy groups -OCH3 is 1. The molecule has 1 aliphatic rings. The van der Waals surface area contributed by atoms with E-state index < -0.39 is 6.04 Å². The molecule has 2 heterocycles. The Labute approximate surface area is 198 Å². The Morgan fingerprint density at radius 2 is 2.00 bits per heavy atom. The molecule has 0 fully saturated rings. The zero-order valence-electron chi connectivity index (χ0n) is 19.4. The summed E-state index contributed by atoms with van der Waals surface area (Å²) in [6.45, 7) is 6.09. The van der Waals surface area contributed by atoms with Gasteiger partial charge in [-0.3, -0.25) is 4.79 Å². The summed E-state index contributed by atoms with van der Waals surface area (Å²) in [5.74, 6) is 2.13. The fraction of sp³-hybridized carbons (Fsp3) is 0.320. The van der Waals surface area contributed by atoms with E-state index in [-0.39, 0.29) is 5.91 Å². The molecule has 0 saturated carbocycles. The van der Waals surface area contributed by atoms with Crippen molar-refractivity contribution in [2.45, 2.75) is 44.8 Å². The lowest BCUT2D eigenvalue weighted by molar-refractivity contribution is -0.113. The van der Waals surface area contributed by atoms with Gasteiger partial charge in [0, 0.05) is 17.1 Å². The maximum Gasteiger partial charge on any atom is 0.255 e. The SMILES string of the molecule is CCCCSc1nc2n(n1)C(c1cccc(OC)c1)C(C(=O)Nc1ccc(C)cc1)=C(C)N2. The number of fused-ring (bicyclic) bond motifs is 1. The van der Waals surface area contributed by atoms with Gasteiger partial charge in [-0.15, -0.1) is 5.10 Å². The topological polar surface area (TPSA) is 81.1 Å². The van der Waals surface area contributed by atoms with Crippen molar-refractivity contribution in [1.82, 2.24) is 14.8 Å². The molecule has 172 valence electrons. The highest BCUT2D eigenvalue weighted by molar-refractivity contribution is 7.99. The lowest BCUT2D eigenvalue weighted by Gasteiger charge is -2.28. The number of ether oxygens (including phenoxy) is 1. The van der Waals surface area contributed by atoms with Gasteiger partial charge in [0.15, 0.2) is 0 Å². The summed E-state index contributed by atoms with van der Waals surface area (Å²) in [4.78, 5) is 18.2. The molecule has 4 rings (SSSR count).